The highest BCUT2D eigenvalue weighted by Crippen LogP contribution is 2.31. The molecule has 2 aromatic carbocycles. The molecule has 0 spiro atoms. The van der Waals surface area contributed by atoms with Crippen molar-refractivity contribution in [1.29, 1.82) is 0 Å². The van der Waals surface area contributed by atoms with E-state index in [-0.39, 0.29) is 0 Å². The van der Waals surface area contributed by atoms with Gasteiger partial charge in [0.05, 0.1) is 12.2 Å². The Bertz CT molecular complexity index is 1230. The van der Waals surface area contributed by atoms with E-state index in [0.717, 1.165) is 35.0 Å². The maximum atomic E-state index is 12.4. The lowest BCUT2D eigenvalue weighted by Gasteiger charge is -2.08. The molecule has 6 nitrogen and oxygen atoms in total. The highest BCUT2D eigenvalue weighted by molar-refractivity contribution is 6.35. The summed E-state index contributed by atoms with van der Waals surface area (Å²) < 4.78 is 3.82. The van der Waals surface area contributed by atoms with Gasteiger partial charge in [-0.05, 0) is 36.2 Å². The predicted molar refractivity (Wildman–Crippen MR) is 121 cm³/mol. The molecule has 2 heterocycles. The molecule has 8 heteroatoms. The predicted octanol–water partition coefficient (Wildman–Crippen LogP) is 4.87. The zero-order valence-electron chi connectivity index (χ0n) is 16.4. The molecule has 3 N–H and O–H groups in total. The summed E-state index contributed by atoms with van der Waals surface area (Å²) in [5.41, 5.74) is 6.15. The number of hydrogen-bond acceptors (Lipinski definition) is 3. The number of fused-ring (bicyclic) bond motifs is 1. The molecule has 4 rings (SSSR count). The molecule has 0 atom stereocenters. The van der Waals surface area contributed by atoms with Gasteiger partial charge < -0.3 is 4.57 Å². The van der Waals surface area contributed by atoms with Gasteiger partial charge in [-0.2, -0.15) is 5.10 Å². The first-order chi connectivity index (χ1) is 14.5. The van der Waals surface area contributed by atoms with Gasteiger partial charge in [-0.3, -0.25) is 14.9 Å². The van der Waals surface area contributed by atoms with Crippen molar-refractivity contribution in [2.75, 3.05) is 0 Å². The lowest BCUT2D eigenvalue weighted by molar-refractivity contribution is 0.0943. The van der Waals surface area contributed by atoms with Crippen LogP contribution < -0.4 is 11.3 Å². The van der Waals surface area contributed by atoms with Crippen molar-refractivity contribution in [1.82, 2.24) is 19.8 Å². The number of nitrogens with one attached hydrogen (secondary N) is 1. The zero-order chi connectivity index (χ0) is 21.3. The first-order valence-electron chi connectivity index (χ1n) is 9.62. The largest absolute Gasteiger partial charge is 0.347 e. The monoisotopic (exact) mass is 441 g/mol. The van der Waals surface area contributed by atoms with Crippen LogP contribution in [0.25, 0.3) is 22.2 Å². The molecular weight excluding hydrogens is 421 g/mol. The summed E-state index contributed by atoms with van der Waals surface area (Å²) in [6.45, 7) is 3.35. The van der Waals surface area contributed by atoms with Gasteiger partial charge in [-0.25, -0.2) is 5.84 Å². The van der Waals surface area contributed by atoms with Crippen molar-refractivity contribution in [2.45, 2.75) is 26.4 Å². The van der Waals surface area contributed by atoms with E-state index in [1.807, 2.05) is 18.2 Å². The van der Waals surface area contributed by atoms with E-state index in [9.17, 15) is 4.79 Å². The number of nitrogens with zero attached hydrogens (tertiary/aromatic N) is 3. The molecule has 1 amide bonds. The molecule has 0 unspecified atom stereocenters. The van der Waals surface area contributed by atoms with Crippen molar-refractivity contribution in [2.24, 2.45) is 5.84 Å². The second kappa shape index (κ2) is 8.52. The first kappa shape index (κ1) is 20.5. The first-order valence-corrected chi connectivity index (χ1v) is 10.4. The number of nitrogen functional groups attached to an aromatic ring is 1. The normalized spacial score (nSPS) is 11.2. The Morgan fingerprint density at radius 1 is 1.17 bits per heavy atom. The Morgan fingerprint density at radius 3 is 2.70 bits per heavy atom. The molecule has 0 aliphatic carbocycles. The van der Waals surface area contributed by atoms with Gasteiger partial charge in [0.25, 0.3) is 5.91 Å². The maximum Gasteiger partial charge on any atom is 0.283 e. The molecule has 154 valence electrons. The summed E-state index contributed by atoms with van der Waals surface area (Å²) in [6, 6.07) is 15.2. The zero-order valence-corrected chi connectivity index (χ0v) is 17.9. The molecule has 0 aliphatic heterocycles. The van der Waals surface area contributed by atoms with E-state index < -0.39 is 5.91 Å². The SMILES string of the molecule is CCCn1cc(-c2cc(C(=O)NN)n(Cc3ccc(Cl)cc3Cl)n2)c2ccccc21. The summed E-state index contributed by atoms with van der Waals surface area (Å²) in [7, 11) is 0. The fourth-order valence-corrected chi connectivity index (χ4v) is 4.08. The Kier molecular flexibility index (Phi) is 5.81. The third-order valence-corrected chi connectivity index (χ3v) is 5.59. The minimum Gasteiger partial charge on any atom is -0.347 e. The molecule has 0 saturated carbocycles. The summed E-state index contributed by atoms with van der Waals surface area (Å²) in [5.74, 6) is 4.99. The van der Waals surface area contributed by atoms with E-state index >= 15 is 0 Å². The number of amides is 1. The molecule has 30 heavy (non-hydrogen) atoms. The minimum atomic E-state index is -0.420. The van der Waals surface area contributed by atoms with Gasteiger partial charge in [-0.1, -0.05) is 54.4 Å². The minimum absolute atomic E-state index is 0.312. The molecule has 2 aromatic heterocycles. The lowest BCUT2D eigenvalue weighted by Crippen LogP contribution is -2.32. The average Bonchev–Trinajstić information content (AvgIpc) is 3.32. The number of hydrazine groups is 1. The van der Waals surface area contributed by atoms with Crippen LogP contribution in [0, 0.1) is 0 Å². The van der Waals surface area contributed by atoms with Crippen LogP contribution in [-0.2, 0) is 13.1 Å². The Labute approximate surface area is 184 Å². The molecule has 0 bridgehead atoms. The second-order valence-corrected chi connectivity index (χ2v) is 7.88. The van der Waals surface area contributed by atoms with Crippen molar-refractivity contribution in [3.05, 3.63) is 76.0 Å². The van der Waals surface area contributed by atoms with Gasteiger partial charge in [0.1, 0.15) is 5.69 Å². The third-order valence-electron chi connectivity index (χ3n) is 5.01. The summed E-state index contributed by atoms with van der Waals surface area (Å²) in [6.07, 6.45) is 3.10. The molecule has 0 radical (unpaired) electrons. The van der Waals surface area contributed by atoms with Crippen LogP contribution in [0.3, 0.4) is 0 Å². The highest BCUT2D eigenvalue weighted by atomic mass is 35.5. The standard InChI is InChI=1S/C22H21Cl2N5O/c1-2-9-28-13-17(16-5-3-4-6-20(16)28)19-11-21(22(30)26-25)29(27-19)12-14-7-8-15(23)10-18(14)24/h3-8,10-11,13H,2,9,12,25H2,1H3,(H,26,30). The number of rotatable bonds is 6. The maximum absolute atomic E-state index is 12.4. The van der Waals surface area contributed by atoms with Crippen molar-refractivity contribution >= 4 is 40.0 Å². The number of carbonyl (C=O) groups is 1. The number of benzene rings is 2. The van der Waals surface area contributed by atoms with E-state index in [1.54, 1.807) is 22.9 Å². The number of halogens is 2. The lowest BCUT2D eigenvalue weighted by atomic mass is 10.1. The van der Waals surface area contributed by atoms with E-state index in [0.29, 0.717) is 28.0 Å². The van der Waals surface area contributed by atoms with Crippen LogP contribution in [0.1, 0.15) is 29.4 Å². The third kappa shape index (κ3) is 3.81. The number of para-hydroxylation sites is 1. The van der Waals surface area contributed by atoms with Crippen molar-refractivity contribution in [3.8, 4) is 11.3 Å². The topological polar surface area (TPSA) is 77.9 Å². The van der Waals surface area contributed by atoms with Crippen LogP contribution in [0.2, 0.25) is 10.0 Å². The molecule has 0 saturated heterocycles. The Hall–Kier alpha value is -2.80. The summed E-state index contributed by atoms with van der Waals surface area (Å²) in [5, 5.41) is 6.87. The number of aromatic nitrogens is 3. The van der Waals surface area contributed by atoms with Gasteiger partial charge in [0.2, 0.25) is 0 Å². The van der Waals surface area contributed by atoms with Gasteiger partial charge in [0.15, 0.2) is 0 Å². The number of carbonyl (C=O) groups excluding carboxylic acids is 1. The number of aryl methyl sites for hydroxylation is 1. The molecule has 0 aliphatic rings. The van der Waals surface area contributed by atoms with Crippen LogP contribution in [0.15, 0.2) is 54.7 Å². The average molecular weight is 442 g/mol. The smallest absolute Gasteiger partial charge is 0.283 e. The highest BCUT2D eigenvalue weighted by Gasteiger charge is 2.19. The van der Waals surface area contributed by atoms with Gasteiger partial charge in [-0.15, -0.1) is 0 Å². The summed E-state index contributed by atoms with van der Waals surface area (Å²) in [4.78, 5) is 12.4. The Balaban J connectivity index is 1.82. The fourth-order valence-electron chi connectivity index (χ4n) is 3.61. The van der Waals surface area contributed by atoms with E-state index in [2.05, 4.69) is 35.2 Å². The van der Waals surface area contributed by atoms with Crippen LogP contribution in [0.4, 0.5) is 0 Å². The molecular formula is C22H21Cl2N5O. The van der Waals surface area contributed by atoms with Gasteiger partial charge in [0, 0.05) is 39.3 Å². The van der Waals surface area contributed by atoms with Crippen molar-refractivity contribution in [3.63, 3.8) is 0 Å². The number of nitrogens with two attached hydrogens (primary N) is 1. The van der Waals surface area contributed by atoms with E-state index in [4.69, 9.17) is 34.1 Å². The fraction of sp³-hybridized carbons (Fsp3) is 0.182. The Morgan fingerprint density at radius 2 is 1.97 bits per heavy atom. The second-order valence-electron chi connectivity index (χ2n) is 7.03. The summed E-state index contributed by atoms with van der Waals surface area (Å²) >= 11 is 12.3. The van der Waals surface area contributed by atoms with Crippen LogP contribution >= 0.6 is 23.2 Å². The molecule has 0 fully saturated rings. The van der Waals surface area contributed by atoms with Crippen LogP contribution in [-0.4, -0.2) is 20.3 Å². The quantitative estimate of drug-likeness (QED) is 0.254. The van der Waals surface area contributed by atoms with Crippen LogP contribution in [0.5, 0.6) is 0 Å². The van der Waals surface area contributed by atoms with Gasteiger partial charge >= 0.3 is 0 Å². The van der Waals surface area contributed by atoms with E-state index in [1.165, 1.54) is 0 Å². The number of hydrogen-bond donors (Lipinski definition) is 2. The van der Waals surface area contributed by atoms with Crippen molar-refractivity contribution < 1.29 is 4.79 Å². The molecule has 4 aromatic rings.